The van der Waals surface area contributed by atoms with Crippen molar-refractivity contribution in [3.63, 3.8) is 0 Å². The summed E-state index contributed by atoms with van der Waals surface area (Å²) in [6, 6.07) is 16.3. The Morgan fingerprint density at radius 1 is 1.09 bits per heavy atom. The number of hydrogen-bond acceptors (Lipinski definition) is 3. The zero-order chi connectivity index (χ0) is 15.4. The number of carbonyl (C=O) groups is 1. The van der Waals surface area contributed by atoms with E-state index in [4.69, 9.17) is 11.6 Å². The van der Waals surface area contributed by atoms with E-state index in [-0.39, 0.29) is 5.91 Å². The molecule has 108 valence electrons. The van der Waals surface area contributed by atoms with E-state index in [0.717, 1.165) is 16.5 Å². The van der Waals surface area contributed by atoms with Crippen LogP contribution in [0.5, 0.6) is 0 Å². The van der Waals surface area contributed by atoms with Crippen LogP contribution in [0.3, 0.4) is 0 Å². The molecule has 4 nitrogen and oxygen atoms in total. The van der Waals surface area contributed by atoms with Crippen molar-refractivity contribution in [2.75, 3.05) is 0 Å². The van der Waals surface area contributed by atoms with E-state index < -0.39 is 0 Å². The minimum absolute atomic E-state index is 0.291. The third kappa shape index (κ3) is 3.13. The summed E-state index contributed by atoms with van der Waals surface area (Å²) in [5.41, 5.74) is 4.67. The number of hydrazone groups is 1. The maximum Gasteiger partial charge on any atom is 0.271 e. The predicted octanol–water partition coefficient (Wildman–Crippen LogP) is 3.65. The second-order valence-electron chi connectivity index (χ2n) is 4.63. The number of rotatable bonds is 3. The molecular weight excluding hydrogens is 298 g/mol. The van der Waals surface area contributed by atoms with Gasteiger partial charge in [-0.3, -0.25) is 9.78 Å². The Morgan fingerprint density at radius 3 is 2.68 bits per heavy atom. The first-order valence-corrected chi connectivity index (χ1v) is 7.04. The van der Waals surface area contributed by atoms with Crippen LogP contribution in [0.15, 0.2) is 65.9 Å². The van der Waals surface area contributed by atoms with Crippen LogP contribution in [0.25, 0.3) is 10.9 Å². The zero-order valence-electron chi connectivity index (χ0n) is 11.5. The molecule has 0 spiro atoms. The van der Waals surface area contributed by atoms with Gasteiger partial charge < -0.3 is 0 Å². The summed E-state index contributed by atoms with van der Waals surface area (Å²) in [5, 5.41) is 5.60. The first kappa shape index (κ1) is 14.2. The Labute approximate surface area is 132 Å². The van der Waals surface area contributed by atoms with Crippen LogP contribution in [0.2, 0.25) is 5.02 Å². The number of benzene rings is 2. The largest absolute Gasteiger partial charge is 0.271 e. The molecule has 22 heavy (non-hydrogen) atoms. The first-order chi connectivity index (χ1) is 10.7. The van der Waals surface area contributed by atoms with E-state index in [0.29, 0.717) is 10.6 Å². The number of amides is 1. The van der Waals surface area contributed by atoms with E-state index in [1.807, 2.05) is 30.3 Å². The Bertz CT molecular complexity index is 839. The fraction of sp³-hybridized carbons (Fsp3) is 0. The average Bonchev–Trinajstić information content (AvgIpc) is 2.55. The molecule has 3 rings (SSSR count). The van der Waals surface area contributed by atoms with Gasteiger partial charge in [0.05, 0.1) is 11.7 Å². The molecule has 0 bridgehead atoms. The molecule has 1 heterocycles. The molecule has 0 fully saturated rings. The normalized spacial score (nSPS) is 11.0. The summed E-state index contributed by atoms with van der Waals surface area (Å²) in [7, 11) is 0. The van der Waals surface area contributed by atoms with Gasteiger partial charge in [-0.15, -0.1) is 0 Å². The molecule has 0 aliphatic carbocycles. The van der Waals surface area contributed by atoms with E-state index in [1.165, 1.54) is 0 Å². The van der Waals surface area contributed by atoms with Crippen LogP contribution in [0.4, 0.5) is 0 Å². The van der Waals surface area contributed by atoms with E-state index in [1.54, 1.807) is 36.7 Å². The Morgan fingerprint density at radius 2 is 1.86 bits per heavy atom. The summed E-state index contributed by atoms with van der Waals surface area (Å²) < 4.78 is 0. The lowest BCUT2D eigenvalue weighted by atomic mass is 10.1. The molecule has 0 unspecified atom stereocenters. The van der Waals surface area contributed by atoms with Gasteiger partial charge in [0.15, 0.2) is 0 Å². The highest BCUT2D eigenvalue weighted by Gasteiger charge is 2.03. The molecule has 1 N–H and O–H groups in total. The number of nitrogens with zero attached hydrogens (tertiary/aromatic N) is 2. The molecule has 1 amide bonds. The fourth-order valence-electron chi connectivity index (χ4n) is 2.06. The summed E-state index contributed by atoms with van der Waals surface area (Å²) in [5.74, 6) is -0.291. The van der Waals surface area contributed by atoms with Gasteiger partial charge >= 0.3 is 0 Å². The molecule has 0 atom stereocenters. The van der Waals surface area contributed by atoms with Crippen LogP contribution < -0.4 is 5.43 Å². The van der Waals surface area contributed by atoms with Gasteiger partial charge in [0.2, 0.25) is 0 Å². The number of pyridine rings is 1. The molecule has 0 aliphatic heterocycles. The standard InChI is InChI=1S/C17H12ClN3O/c18-15-8-6-13(7-9-15)17(22)21-20-11-14-4-1-3-12-5-2-10-19-16(12)14/h1-11H,(H,21,22)/b20-11+. The molecule has 2 aromatic carbocycles. The molecule has 0 saturated heterocycles. The molecule has 3 aromatic rings. The second-order valence-corrected chi connectivity index (χ2v) is 5.06. The molecule has 5 heteroatoms. The molecule has 0 aliphatic rings. The third-order valence-corrected chi connectivity index (χ3v) is 3.39. The minimum atomic E-state index is -0.291. The number of para-hydroxylation sites is 1. The second kappa shape index (κ2) is 6.37. The SMILES string of the molecule is O=C(N/N=C/c1cccc2cccnc12)c1ccc(Cl)cc1. The van der Waals surface area contributed by atoms with Crippen molar-refractivity contribution < 1.29 is 4.79 Å². The maximum absolute atomic E-state index is 11.9. The third-order valence-electron chi connectivity index (χ3n) is 3.14. The van der Waals surface area contributed by atoms with E-state index >= 15 is 0 Å². The van der Waals surface area contributed by atoms with Gasteiger partial charge in [0, 0.05) is 27.7 Å². The zero-order valence-corrected chi connectivity index (χ0v) is 12.3. The summed E-state index contributed by atoms with van der Waals surface area (Å²) in [6.07, 6.45) is 3.31. The van der Waals surface area contributed by atoms with Gasteiger partial charge in [-0.2, -0.15) is 5.10 Å². The van der Waals surface area contributed by atoms with Gasteiger partial charge in [-0.25, -0.2) is 5.43 Å². The van der Waals surface area contributed by atoms with Crippen LogP contribution >= 0.6 is 11.6 Å². The lowest BCUT2D eigenvalue weighted by Gasteiger charge is -2.01. The lowest BCUT2D eigenvalue weighted by Crippen LogP contribution is -2.17. The van der Waals surface area contributed by atoms with Gasteiger partial charge in [0.1, 0.15) is 0 Å². The quantitative estimate of drug-likeness (QED) is 0.593. The monoisotopic (exact) mass is 309 g/mol. The number of carbonyl (C=O) groups excluding carboxylic acids is 1. The van der Waals surface area contributed by atoms with Crippen molar-refractivity contribution in [3.05, 3.63) is 76.9 Å². The Kier molecular flexibility index (Phi) is 4.12. The average molecular weight is 310 g/mol. The number of aromatic nitrogens is 1. The van der Waals surface area contributed by atoms with Crippen LogP contribution in [0, 0.1) is 0 Å². The Balaban J connectivity index is 1.76. The smallest absolute Gasteiger partial charge is 0.267 e. The van der Waals surface area contributed by atoms with E-state index in [9.17, 15) is 4.79 Å². The van der Waals surface area contributed by atoms with Gasteiger partial charge in [-0.1, -0.05) is 35.9 Å². The summed E-state index contributed by atoms with van der Waals surface area (Å²) in [6.45, 7) is 0. The number of halogens is 1. The van der Waals surface area contributed by atoms with Crippen molar-refractivity contribution in [1.82, 2.24) is 10.4 Å². The van der Waals surface area contributed by atoms with Crippen molar-refractivity contribution in [2.24, 2.45) is 5.10 Å². The first-order valence-electron chi connectivity index (χ1n) is 6.67. The lowest BCUT2D eigenvalue weighted by molar-refractivity contribution is 0.0955. The number of hydrogen-bond donors (Lipinski definition) is 1. The van der Waals surface area contributed by atoms with Crippen molar-refractivity contribution in [2.45, 2.75) is 0 Å². The highest BCUT2D eigenvalue weighted by Crippen LogP contribution is 2.14. The van der Waals surface area contributed by atoms with Crippen molar-refractivity contribution in [3.8, 4) is 0 Å². The molecule has 0 radical (unpaired) electrons. The highest BCUT2D eigenvalue weighted by molar-refractivity contribution is 6.30. The summed E-state index contributed by atoms with van der Waals surface area (Å²) >= 11 is 5.79. The molecular formula is C17H12ClN3O. The Hall–Kier alpha value is -2.72. The van der Waals surface area contributed by atoms with E-state index in [2.05, 4.69) is 15.5 Å². The number of fused-ring (bicyclic) bond motifs is 1. The fourth-order valence-corrected chi connectivity index (χ4v) is 2.18. The topological polar surface area (TPSA) is 54.4 Å². The highest BCUT2D eigenvalue weighted by atomic mass is 35.5. The van der Waals surface area contributed by atoms with Crippen LogP contribution in [-0.4, -0.2) is 17.1 Å². The van der Waals surface area contributed by atoms with Gasteiger partial charge in [0.25, 0.3) is 5.91 Å². The van der Waals surface area contributed by atoms with Crippen LogP contribution in [0.1, 0.15) is 15.9 Å². The number of nitrogens with one attached hydrogen (secondary N) is 1. The maximum atomic E-state index is 11.9. The van der Waals surface area contributed by atoms with Crippen molar-refractivity contribution >= 4 is 34.6 Å². The molecule has 1 aromatic heterocycles. The summed E-state index contributed by atoms with van der Waals surface area (Å²) in [4.78, 5) is 16.3. The predicted molar refractivity (Wildman–Crippen MR) is 88.3 cm³/mol. The van der Waals surface area contributed by atoms with Crippen molar-refractivity contribution in [1.29, 1.82) is 0 Å². The van der Waals surface area contributed by atoms with Gasteiger partial charge in [-0.05, 0) is 30.3 Å². The molecule has 0 saturated carbocycles. The van der Waals surface area contributed by atoms with Crippen LogP contribution in [-0.2, 0) is 0 Å². The minimum Gasteiger partial charge on any atom is -0.267 e.